The van der Waals surface area contributed by atoms with E-state index in [-0.39, 0.29) is 6.10 Å². The van der Waals surface area contributed by atoms with Crippen LogP contribution >= 0.6 is 0 Å². The molecule has 1 aromatic carbocycles. The predicted octanol–water partition coefficient (Wildman–Crippen LogP) is 2.25. The highest BCUT2D eigenvalue weighted by molar-refractivity contribution is 5.13. The molecule has 1 unspecified atom stereocenters. The highest BCUT2D eigenvalue weighted by atomic mass is 16.6. The zero-order chi connectivity index (χ0) is 11.9. The molecular formula is C14H20O3. The third-order valence-corrected chi connectivity index (χ3v) is 2.97. The first-order valence-electron chi connectivity index (χ1n) is 6.17. The summed E-state index contributed by atoms with van der Waals surface area (Å²) in [5, 5.41) is 0. The molecule has 1 fully saturated rings. The Morgan fingerprint density at radius 3 is 2.82 bits per heavy atom. The fourth-order valence-corrected chi connectivity index (χ4v) is 1.88. The minimum atomic E-state index is 0.180. The summed E-state index contributed by atoms with van der Waals surface area (Å²) in [5.41, 5.74) is 1.21. The van der Waals surface area contributed by atoms with Gasteiger partial charge < -0.3 is 14.2 Å². The van der Waals surface area contributed by atoms with E-state index in [0.717, 1.165) is 0 Å². The zero-order valence-electron chi connectivity index (χ0n) is 10.3. The third kappa shape index (κ3) is 4.11. The van der Waals surface area contributed by atoms with Crippen molar-refractivity contribution in [2.24, 2.45) is 5.92 Å². The van der Waals surface area contributed by atoms with Crippen LogP contribution in [0.4, 0.5) is 0 Å². The molecule has 2 rings (SSSR count). The van der Waals surface area contributed by atoms with Crippen molar-refractivity contribution in [2.75, 3.05) is 26.4 Å². The van der Waals surface area contributed by atoms with Crippen LogP contribution in [-0.4, -0.2) is 32.5 Å². The van der Waals surface area contributed by atoms with Crippen molar-refractivity contribution >= 4 is 0 Å². The van der Waals surface area contributed by atoms with Crippen LogP contribution in [-0.2, 0) is 20.8 Å². The third-order valence-electron chi connectivity index (χ3n) is 2.97. The fourth-order valence-electron chi connectivity index (χ4n) is 1.88. The Morgan fingerprint density at radius 1 is 1.29 bits per heavy atom. The fraction of sp³-hybridized carbons (Fsp3) is 0.571. The average molecular weight is 236 g/mol. The van der Waals surface area contributed by atoms with Crippen LogP contribution in [0.3, 0.4) is 0 Å². The molecule has 0 bridgehead atoms. The maximum absolute atomic E-state index is 5.70. The van der Waals surface area contributed by atoms with E-state index in [1.54, 1.807) is 0 Å². The molecule has 1 aromatic rings. The Morgan fingerprint density at radius 2 is 2.12 bits per heavy atom. The lowest BCUT2D eigenvalue weighted by atomic mass is 10.1. The normalized spacial score (nSPS) is 22.3. The van der Waals surface area contributed by atoms with Gasteiger partial charge in [0.25, 0.3) is 0 Å². The first-order chi connectivity index (χ1) is 8.36. The zero-order valence-corrected chi connectivity index (χ0v) is 10.3. The Labute approximate surface area is 103 Å². The van der Waals surface area contributed by atoms with E-state index >= 15 is 0 Å². The van der Waals surface area contributed by atoms with Crippen LogP contribution in [0.25, 0.3) is 0 Å². The van der Waals surface area contributed by atoms with E-state index < -0.39 is 0 Å². The standard InChI is InChI=1S/C14H20O3/c1-12(14-11-15-7-8-17-14)9-16-10-13-5-3-2-4-6-13/h2-6,12,14H,7-11H2,1H3/t12?,14-/m0/s1. The number of ether oxygens (including phenoxy) is 3. The van der Waals surface area contributed by atoms with Crippen LogP contribution in [0.2, 0.25) is 0 Å². The second kappa shape index (κ2) is 6.74. The summed E-state index contributed by atoms with van der Waals surface area (Å²) >= 11 is 0. The number of rotatable bonds is 5. The summed E-state index contributed by atoms with van der Waals surface area (Å²) in [6.45, 7) is 5.63. The highest BCUT2D eigenvalue weighted by Gasteiger charge is 2.21. The van der Waals surface area contributed by atoms with Crippen LogP contribution in [0.5, 0.6) is 0 Å². The van der Waals surface area contributed by atoms with Crippen molar-refractivity contribution in [1.82, 2.24) is 0 Å². The van der Waals surface area contributed by atoms with E-state index in [9.17, 15) is 0 Å². The minimum Gasteiger partial charge on any atom is -0.376 e. The van der Waals surface area contributed by atoms with Gasteiger partial charge in [-0.15, -0.1) is 0 Å². The molecule has 3 heteroatoms. The first-order valence-corrected chi connectivity index (χ1v) is 6.17. The van der Waals surface area contributed by atoms with Crippen molar-refractivity contribution in [3.05, 3.63) is 35.9 Å². The van der Waals surface area contributed by atoms with Gasteiger partial charge >= 0.3 is 0 Å². The minimum absolute atomic E-state index is 0.180. The van der Waals surface area contributed by atoms with E-state index in [0.29, 0.717) is 39.0 Å². The largest absolute Gasteiger partial charge is 0.376 e. The molecule has 0 N–H and O–H groups in total. The predicted molar refractivity (Wildman–Crippen MR) is 65.8 cm³/mol. The lowest BCUT2D eigenvalue weighted by Crippen LogP contribution is -2.35. The summed E-state index contributed by atoms with van der Waals surface area (Å²) in [5.74, 6) is 0.374. The lowest BCUT2D eigenvalue weighted by molar-refractivity contribution is -0.119. The molecule has 0 spiro atoms. The van der Waals surface area contributed by atoms with Crippen LogP contribution < -0.4 is 0 Å². The molecule has 0 aliphatic carbocycles. The molecule has 0 radical (unpaired) electrons. The molecule has 0 amide bonds. The van der Waals surface area contributed by atoms with E-state index in [2.05, 4.69) is 19.1 Å². The average Bonchev–Trinajstić information content (AvgIpc) is 2.41. The number of hydrogen-bond donors (Lipinski definition) is 0. The molecule has 2 atom stereocenters. The van der Waals surface area contributed by atoms with Crippen molar-refractivity contribution in [1.29, 1.82) is 0 Å². The van der Waals surface area contributed by atoms with Gasteiger partial charge in [0, 0.05) is 5.92 Å². The maximum Gasteiger partial charge on any atom is 0.0857 e. The Kier molecular flexibility index (Phi) is 4.98. The molecule has 0 aromatic heterocycles. The van der Waals surface area contributed by atoms with Gasteiger partial charge in [0.1, 0.15) is 0 Å². The molecule has 1 aliphatic heterocycles. The van der Waals surface area contributed by atoms with Crippen LogP contribution in [0.15, 0.2) is 30.3 Å². The summed E-state index contributed by atoms with van der Waals surface area (Å²) in [4.78, 5) is 0. The second-order valence-electron chi connectivity index (χ2n) is 4.46. The van der Waals surface area contributed by atoms with Crippen LogP contribution in [0, 0.1) is 5.92 Å². The molecule has 1 aliphatic rings. The highest BCUT2D eigenvalue weighted by Crippen LogP contribution is 2.13. The Balaban J connectivity index is 1.67. The van der Waals surface area contributed by atoms with Gasteiger partial charge in [-0.3, -0.25) is 0 Å². The summed E-state index contributed by atoms with van der Waals surface area (Å²) in [6, 6.07) is 10.2. The molecule has 1 saturated heterocycles. The molecule has 1 heterocycles. The Hall–Kier alpha value is -0.900. The molecule has 0 saturated carbocycles. The molecule has 17 heavy (non-hydrogen) atoms. The molecule has 94 valence electrons. The topological polar surface area (TPSA) is 27.7 Å². The van der Waals surface area contributed by atoms with E-state index in [1.165, 1.54) is 5.56 Å². The van der Waals surface area contributed by atoms with Gasteiger partial charge in [0.15, 0.2) is 0 Å². The van der Waals surface area contributed by atoms with Gasteiger partial charge in [-0.1, -0.05) is 37.3 Å². The van der Waals surface area contributed by atoms with Crippen molar-refractivity contribution in [3.8, 4) is 0 Å². The molecule has 3 nitrogen and oxygen atoms in total. The quantitative estimate of drug-likeness (QED) is 0.785. The van der Waals surface area contributed by atoms with Gasteiger partial charge in [-0.05, 0) is 5.56 Å². The summed E-state index contributed by atoms with van der Waals surface area (Å²) in [7, 11) is 0. The summed E-state index contributed by atoms with van der Waals surface area (Å²) in [6.07, 6.45) is 0.180. The van der Waals surface area contributed by atoms with Gasteiger partial charge in [0.2, 0.25) is 0 Å². The van der Waals surface area contributed by atoms with Crippen molar-refractivity contribution in [2.45, 2.75) is 19.6 Å². The van der Waals surface area contributed by atoms with Gasteiger partial charge in [-0.25, -0.2) is 0 Å². The van der Waals surface area contributed by atoms with Gasteiger partial charge in [0.05, 0.1) is 39.1 Å². The van der Waals surface area contributed by atoms with Crippen molar-refractivity contribution in [3.63, 3.8) is 0 Å². The van der Waals surface area contributed by atoms with Gasteiger partial charge in [-0.2, -0.15) is 0 Å². The van der Waals surface area contributed by atoms with Crippen LogP contribution in [0.1, 0.15) is 12.5 Å². The number of hydrogen-bond acceptors (Lipinski definition) is 3. The molecular weight excluding hydrogens is 216 g/mol. The summed E-state index contributed by atoms with van der Waals surface area (Å²) < 4.78 is 16.7. The van der Waals surface area contributed by atoms with E-state index in [4.69, 9.17) is 14.2 Å². The lowest BCUT2D eigenvalue weighted by Gasteiger charge is -2.27. The number of benzene rings is 1. The van der Waals surface area contributed by atoms with Crippen molar-refractivity contribution < 1.29 is 14.2 Å². The van der Waals surface area contributed by atoms with E-state index in [1.807, 2.05) is 18.2 Å². The second-order valence-corrected chi connectivity index (χ2v) is 4.46. The monoisotopic (exact) mass is 236 g/mol. The maximum atomic E-state index is 5.70. The first kappa shape index (κ1) is 12.6. The Bertz CT molecular complexity index is 307. The smallest absolute Gasteiger partial charge is 0.0857 e. The SMILES string of the molecule is CC(COCc1ccccc1)[C@@H]1COCCO1.